The summed E-state index contributed by atoms with van der Waals surface area (Å²) in [4.78, 5) is 29.8. The molecule has 32 heavy (non-hydrogen) atoms. The molecule has 0 radical (unpaired) electrons. The molecule has 1 fully saturated rings. The largest absolute Gasteiger partial charge is 0.495 e. The topological polar surface area (TPSA) is 115 Å². The van der Waals surface area contributed by atoms with Gasteiger partial charge in [-0.05, 0) is 49.7 Å². The van der Waals surface area contributed by atoms with Crippen molar-refractivity contribution in [1.29, 1.82) is 0 Å². The Bertz CT molecular complexity index is 1300. The number of nitrogens with zero attached hydrogens (tertiary/aromatic N) is 2. The highest BCUT2D eigenvalue weighted by atomic mass is 32.2. The van der Waals surface area contributed by atoms with Crippen molar-refractivity contribution in [3.8, 4) is 5.75 Å². The number of sulfonamides is 1. The zero-order chi connectivity index (χ0) is 22.9. The number of rotatable bonds is 7. The van der Waals surface area contributed by atoms with Crippen LogP contribution >= 0.6 is 11.3 Å². The van der Waals surface area contributed by atoms with Crippen LogP contribution in [0.1, 0.15) is 30.1 Å². The van der Waals surface area contributed by atoms with Gasteiger partial charge in [-0.1, -0.05) is 11.3 Å². The summed E-state index contributed by atoms with van der Waals surface area (Å²) in [6, 6.07) is 9.45. The zero-order valence-corrected chi connectivity index (χ0v) is 19.1. The lowest BCUT2D eigenvalue weighted by molar-refractivity contribution is -0.117. The molecule has 0 bridgehead atoms. The first-order valence-electron chi connectivity index (χ1n) is 9.91. The summed E-state index contributed by atoms with van der Waals surface area (Å²) < 4.78 is 39.7. The van der Waals surface area contributed by atoms with Crippen molar-refractivity contribution in [2.45, 2.75) is 24.7 Å². The Balaban J connectivity index is 1.66. The molecule has 1 aromatic heterocycles. The molecule has 3 aromatic rings. The van der Waals surface area contributed by atoms with Crippen molar-refractivity contribution in [3.63, 3.8) is 0 Å². The SMILES string of the molecule is CCOC(=O)c1ccc2nc(NS(=O)(=O)c3cc(N4CCCC4=O)ccc3OC)sc2c1. The summed E-state index contributed by atoms with van der Waals surface area (Å²) in [6.45, 7) is 2.52. The van der Waals surface area contributed by atoms with Crippen molar-refractivity contribution in [2.75, 3.05) is 29.9 Å². The fraction of sp³-hybridized carbons (Fsp3) is 0.286. The minimum absolute atomic E-state index is 0.0462. The van der Waals surface area contributed by atoms with E-state index in [1.54, 1.807) is 36.1 Å². The number of hydrogen-bond acceptors (Lipinski definition) is 8. The van der Waals surface area contributed by atoms with E-state index < -0.39 is 16.0 Å². The molecule has 2 aromatic carbocycles. The van der Waals surface area contributed by atoms with E-state index in [4.69, 9.17) is 9.47 Å². The first-order valence-corrected chi connectivity index (χ1v) is 12.2. The predicted molar refractivity (Wildman–Crippen MR) is 121 cm³/mol. The highest BCUT2D eigenvalue weighted by molar-refractivity contribution is 7.93. The van der Waals surface area contributed by atoms with Crippen LogP contribution in [0.2, 0.25) is 0 Å². The maximum Gasteiger partial charge on any atom is 0.338 e. The Labute approximate surface area is 189 Å². The van der Waals surface area contributed by atoms with E-state index in [-0.39, 0.29) is 28.3 Å². The van der Waals surface area contributed by atoms with Gasteiger partial charge in [-0.2, -0.15) is 0 Å². The average molecular weight is 476 g/mol. The van der Waals surface area contributed by atoms with Gasteiger partial charge in [0, 0.05) is 18.7 Å². The number of aromatic nitrogens is 1. The van der Waals surface area contributed by atoms with Gasteiger partial charge in [-0.15, -0.1) is 0 Å². The molecule has 1 saturated heterocycles. The predicted octanol–water partition coefficient (Wildman–Crippen LogP) is 3.41. The number of methoxy groups -OCH3 is 1. The highest BCUT2D eigenvalue weighted by Gasteiger charge is 2.27. The number of anilines is 2. The van der Waals surface area contributed by atoms with E-state index in [9.17, 15) is 18.0 Å². The van der Waals surface area contributed by atoms with Gasteiger partial charge in [-0.3, -0.25) is 9.52 Å². The number of hydrogen-bond donors (Lipinski definition) is 1. The molecule has 4 rings (SSSR count). The van der Waals surface area contributed by atoms with Gasteiger partial charge in [0.25, 0.3) is 10.0 Å². The summed E-state index contributed by atoms with van der Waals surface area (Å²) in [6.07, 6.45) is 1.16. The van der Waals surface area contributed by atoms with Crippen LogP contribution in [0, 0.1) is 0 Å². The van der Waals surface area contributed by atoms with Gasteiger partial charge in [0.15, 0.2) is 5.13 Å². The molecule has 168 valence electrons. The number of benzene rings is 2. The summed E-state index contributed by atoms with van der Waals surface area (Å²) in [7, 11) is -2.69. The van der Waals surface area contributed by atoms with Gasteiger partial charge in [0.2, 0.25) is 5.91 Å². The summed E-state index contributed by atoms with van der Waals surface area (Å²) in [5.74, 6) is -0.350. The van der Waals surface area contributed by atoms with Crippen LogP contribution in [0.5, 0.6) is 5.75 Å². The van der Waals surface area contributed by atoms with Gasteiger partial charge in [0.1, 0.15) is 10.6 Å². The second-order valence-electron chi connectivity index (χ2n) is 7.01. The lowest BCUT2D eigenvalue weighted by Gasteiger charge is -2.18. The van der Waals surface area contributed by atoms with Crippen molar-refractivity contribution in [2.24, 2.45) is 0 Å². The second kappa shape index (κ2) is 8.75. The van der Waals surface area contributed by atoms with Crippen LogP contribution in [0.4, 0.5) is 10.8 Å². The smallest absolute Gasteiger partial charge is 0.338 e. The Morgan fingerprint density at radius 1 is 1.25 bits per heavy atom. The number of esters is 1. The Morgan fingerprint density at radius 2 is 2.06 bits per heavy atom. The van der Waals surface area contributed by atoms with Crippen LogP contribution in [-0.2, 0) is 19.6 Å². The number of nitrogens with one attached hydrogen (secondary N) is 1. The molecule has 1 N–H and O–H groups in total. The van der Waals surface area contributed by atoms with E-state index in [1.807, 2.05) is 0 Å². The molecule has 0 aliphatic carbocycles. The van der Waals surface area contributed by atoms with E-state index >= 15 is 0 Å². The molecular formula is C21H21N3O6S2. The third-order valence-electron chi connectivity index (χ3n) is 4.94. The molecule has 0 spiro atoms. The third-order valence-corrected chi connectivity index (χ3v) is 7.37. The van der Waals surface area contributed by atoms with Gasteiger partial charge >= 0.3 is 5.97 Å². The number of carbonyl (C=O) groups excluding carboxylic acids is 2. The minimum Gasteiger partial charge on any atom is -0.495 e. The maximum atomic E-state index is 13.2. The minimum atomic E-state index is -4.07. The number of ether oxygens (including phenoxy) is 2. The molecule has 1 aliphatic heterocycles. The summed E-state index contributed by atoms with van der Waals surface area (Å²) in [5.41, 5.74) is 1.41. The molecule has 2 heterocycles. The lowest BCUT2D eigenvalue weighted by atomic mass is 10.2. The Kier molecular flexibility index (Phi) is 6.02. The number of carbonyl (C=O) groups is 2. The molecule has 0 atom stereocenters. The van der Waals surface area contributed by atoms with Crippen LogP contribution in [0.15, 0.2) is 41.3 Å². The van der Waals surface area contributed by atoms with Gasteiger partial charge in [-0.25, -0.2) is 18.2 Å². The van der Waals surface area contributed by atoms with Crippen molar-refractivity contribution >= 4 is 54.3 Å². The van der Waals surface area contributed by atoms with Crippen molar-refractivity contribution in [3.05, 3.63) is 42.0 Å². The number of fused-ring (bicyclic) bond motifs is 1. The zero-order valence-electron chi connectivity index (χ0n) is 17.5. The van der Waals surface area contributed by atoms with Gasteiger partial charge < -0.3 is 14.4 Å². The van der Waals surface area contributed by atoms with E-state index in [2.05, 4.69) is 9.71 Å². The van der Waals surface area contributed by atoms with Crippen LogP contribution in [0.3, 0.4) is 0 Å². The fourth-order valence-corrected chi connectivity index (χ4v) is 5.77. The van der Waals surface area contributed by atoms with Crippen LogP contribution < -0.4 is 14.4 Å². The quantitative estimate of drug-likeness (QED) is 0.521. The fourth-order valence-electron chi connectivity index (χ4n) is 3.44. The first kappa shape index (κ1) is 22.0. The third kappa shape index (κ3) is 4.26. The highest BCUT2D eigenvalue weighted by Crippen LogP contribution is 2.34. The summed E-state index contributed by atoms with van der Waals surface area (Å²) in [5, 5.41) is 0.144. The Morgan fingerprint density at radius 3 is 2.75 bits per heavy atom. The monoisotopic (exact) mass is 475 g/mol. The van der Waals surface area contributed by atoms with Gasteiger partial charge in [0.05, 0.1) is 29.5 Å². The average Bonchev–Trinajstić information content (AvgIpc) is 3.37. The molecular weight excluding hydrogens is 454 g/mol. The number of amides is 1. The molecule has 11 heteroatoms. The second-order valence-corrected chi connectivity index (χ2v) is 9.69. The van der Waals surface area contributed by atoms with Crippen molar-refractivity contribution in [1.82, 2.24) is 4.98 Å². The van der Waals surface area contributed by atoms with Crippen LogP contribution in [-0.4, -0.2) is 45.5 Å². The summed E-state index contributed by atoms with van der Waals surface area (Å²) >= 11 is 1.10. The standard InChI is InChI=1S/C21H21N3O6S2/c1-3-30-20(26)13-6-8-15-17(11-13)31-21(22-15)23-32(27,28)18-12-14(7-9-16(18)29-2)24-10-4-5-19(24)25/h6-9,11-12H,3-5,10H2,1-2H3,(H,22,23). The molecule has 1 amide bonds. The molecule has 0 unspecified atom stereocenters. The lowest BCUT2D eigenvalue weighted by Crippen LogP contribution is -2.24. The normalized spacial score (nSPS) is 14.1. The molecule has 1 aliphatic rings. The molecule has 0 saturated carbocycles. The van der Waals surface area contributed by atoms with E-state index in [0.29, 0.717) is 34.4 Å². The first-order chi connectivity index (χ1) is 15.3. The van der Waals surface area contributed by atoms with Crippen molar-refractivity contribution < 1.29 is 27.5 Å². The number of thiazole rings is 1. The van der Waals surface area contributed by atoms with E-state index in [0.717, 1.165) is 17.8 Å². The molecule has 9 nitrogen and oxygen atoms in total. The van der Waals surface area contributed by atoms with E-state index in [1.165, 1.54) is 19.2 Å². The Hall–Kier alpha value is -3.18. The van der Waals surface area contributed by atoms with Crippen LogP contribution in [0.25, 0.3) is 10.2 Å². The maximum absolute atomic E-state index is 13.2.